The van der Waals surface area contributed by atoms with Gasteiger partial charge in [-0.3, -0.25) is 9.69 Å². The van der Waals surface area contributed by atoms with Crippen LogP contribution in [-0.2, 0) is 4.79 Å². The predicted molar refractivity (Wildman–Crippen MR) is 69.2 cm³/mol. The van der Waals surface area contributed by atoms with Crippen molar-refractivity contribution in [2.45, 2.75) is 24.8 Å². The lowest BCUT2D eigenvalue weighted by Crippen LogP contribution is -2.53. The Morgan fingerprint density at radius 1 is 1.38 bits per heavy atom. The summed E-state index contributed by atoms with van der Waals surface area (Å²) in [5.41, 5.74) is 0. The van der Waals surface area contributed by atoms with Crippen LogP contribution in [0.5, 0.6) is 0 Å². The van der Waals surface area contributed by atoms with Crippen LogP contribution in [0.25, 0.3) is 0 Å². The van der Waals surface area contributed by atoms with Crippen molar-refractivity contribution in [2.75, 3.05) is 37.7 Å². The molecule has 5 heteroatoms. The summed E-state index contributed by atoms with van der Waals surface area (Å²) >= 11 is 7.86. The second kappa shape index (κ2) is 5.61. The first-order valence-corrected chi connectivity index (χ1v) is 7.52. The maximum atomic E-state index is 11.7. The highest BCUT2D eigenvalue weighted by Crippen LogP contribution is 2.23. The Labute approximate surface area is 106 Å². The lowest BCUT2D eigenvalue weighted by Gasteiger charge is -2.38. The molecule has 2 aliphatic rings. The highest BCUT2D eigenvalue weighted by molar-refractivity contribution is 7.99. The van der Waals surface area contributed by atoms with Gasteiger partial charge in [0.15, 0.2) is 0 Å². The number of rotatable bonds is 2. The molecule has 2 atom stereocenters. The quantitative estimate of drug-likeness (QED) is 0.700. The monoisotopic (exact) mass is 262 g/mol. The normalized spacial score (nSPS) is 29.4. The summed E-state index contributed by atoms with van der Waals surface area (Å²) in [4.78, 5) is 16.1. The van der Waals surface area contributed by atoms with E-state index < -0.39 is 0 Å². The van der Waals surface area contributed by atoms with Crippen LogP contribution in [0.15, 0.2) is 0 Å². The molecule has 2 saturated heterocycles. The Morgan fingerprint density at radius 3 is 2.56 bits per heavy atom. The molecule has 0 bridgehead atoms. The first-order chi connectivity index (χ1) is 7.68. The minimum Gasteiger partial charge on any atom is -0.339 e. The molecule has 0 N–H and O–H groups in total. The van der Waals surface area contributed by atoms with Gasteiger partial charge in [0, 0.05) is 38.0 Å². The van der Waals surface area contributed by atoms with Gasteiger partial charge in [-0.15, -0.1) is 11.6 Å². The molecular formula is C11H19ClN2OS. The van der Waals surface area contributed by atoms with Crippen molar-refractivity contribution in [1.29, 1.82) is 0 Å². The van der Waals surface area contributed by atoms with E-state index in [0.717, 1.165) is 32.2 Å². The Balaban J connectivity index is 1.80. The Kier molecular flexibility index (Phi) is 4.39. The first kappa shape index (κ1) is 12.5. The molecule has 92 valence electrons. The number of halogens is 1. The third-order valence-corrected chi connectivity index (χ3v) is 4.72. The van der Waals surface area contributed by atoms with E-state index in [0.29, 0.717) is 0 Å². The van der Waals surface area contributed by atoms with Gasteiger partial charge in [-0.2, -0.15) is 11.8 Å². The zero-order valence-corrected chi connectivity index (χ0v) is 11.3. The molecule has 0 unspecified atom stereocenters. The van der Waals surface area contributed by atoms with Crippen molar-refractivity contribution in [2.24, 2.45) is 0 Å². The molecule has 0 radical (unpaired) electrons. The summed E-state index contributed by atoms with van der Waals surface area (Å²) in [6.07, 6.45) is 1.31. The van der Waals surface area contributed by atoms with Crippen LogP contribution in [0.2, 0.25) is 0 Å². The fraction of sp³-hybridized carbons (Fsp3) is 0.909. The van der Waals surface area contributed by atoms with Crippen molar-refractivity contribution in [3.8, 4) is 0 Å². The van der Waals surface area contributed by atoms with Gasteiger partial charge in [0.2, 0.25) is 5.91 Å². The minimum absolute atomic E-state index is 0.0853. The number of carbonyl (C=O) groups excluding carboxylic acids is 1. The van der Waals surface area contributed by atoms with Crippen LogP contribution in [0.3, 0.4) is 0 Å². The van der Waals surface area contributed by atoms with E-state index >= 15 is 0 Å². The number of amides is 1. The SMILES string of the molecule is C[C@H](Cl)C(=O)N1CCN([C@@H]2CCSC2)CC1. The second-order valence-electron chi connectivity index (χ2n) is 4.49. The Bertz CT molecular complexity index is 248. The van der Waals surface area contributed by atoms with Crippen LogP contribution in [-0.4, -0.2) is 64.8 Å². The predicted octanol–water partition coefficient (Wildman–Crippen LogP) is 1.26. The Morgan fingerprint density at radius 2 is 2.06 bits per heavy atom. The van der Waals surface area contributed by atoms with Gasteiger partial charge in [-0.05, 0) is 19.1 Å². The first-order valence-electron chi connectivity index (χ1n) is 5.93. The van der Waals surface area contributed by atoms with Crippen LogP contribution in [0.1, 0.15) is 13.3 Å². The molecule has 2 aliphatic heterocycles. The van der Waals surface area contributed by atoms with Crippen LogP contribution in [0, 0.1) is 0 Å². The van der Waals surface area contributed by atoms with Crippen LogP contribution in [0.4, 0.5) is 0 Å². The molecule has 0 aromatic carbocycles. The number of piperazine rings is 1. The maximum absolute atomic E-state index is 11.7. The average molecular weight is 263 g/mol. The molecule has 1 amide bonds. The highest BCUT2D eigenvalue weighted by atomic mass is 35.5. The number of hydrogen-bond donors (Lipinski definition) is 0. The topological polar surface area (TPSA) is 23.6 Å². The summed E-state index contributed by atoms with van der Waals surface area (Å²) in [5.74, 6) is 2.64. The molecule has 2 rings (SSSR count). The number of thioether (sulfide) groups is 1. The van der Waals surface area contributed by atoms with Gasteiger partial charge < -0.3 is 4.90 Å². The van der Waals surface area contributed by atoms with Crippen LogP contribution < -0.4 is 0 Å². The van der Waals surface area contributed by atoms with Gasteiger partial charge >= 0.3 is 0 Å². The molecule has 0 spiro atoms. The van der Waals surface area contributed by atoms with E-state index in [1.807, 2.05) is 16.7 Å². The molecular weight excluding hydrogens is 244 g/mol. The van der Waals surface area contributed by atoms with E-state index in [-0.39, 0.29) is 11.3 Å². The summed E-state index contributed by atoms with van der Waals surface area (Å²) in [6.45, 7) is 5.47. The summed E-state index contributed by atoms with van der Waals surface area (Å²) in [5, 5.41) is -0.381. The van der Waals surface area contributed by atoms with E-state index in [2.05, 4.69) is 4.90 Å². The van der Waals surface area contributed by atoms with E-state index in [1.54, 1.807) is 6.92 Å². The molecule has 2 heterocycles. The van der Waals surface area contributed by atoms with Gasteiger partial charge in [-0.25, -0.2) is 0 Å². The highest BCUT2D eigenvalue weighted by Gasteiger charge is 2.28. The van der Waals surface area contributed by atoms with E-state index in [1.165, 1.54) is 17.9 Å². The third kappa shape index (κ3) is 2.84. The summed E-state index contributed by atoms with van der Waals surface area (Å²) in [7, 11) is 0. The van der Waals surface area contributed by atoms with Crippen LogP contribution >= 0.6 is 23.4 Å². The molecule has 0 aromatic heterocycles. The fourth-order valence-corrected chi connectivity index (χ4v) is 3.76. The standard InChI is InChI=1S/C11H19ClN2OS/c1-9(12)11(15)14-5-3-13(4-6-14)10-2-7-16-8-10/h9-10H,2-8H2,1H3/t9-,10+/m0/s1. The maximum Gasteiger partial charge on any atom is 0.240 e. The zero-order valence-electron chi connectivity index (χ0n) is 9.69. The number of carbonyl (C=O) groups is 1. The van der Waals surface area contributed by atoms with Gasteiger partial charge in [-0.1, -0.05) is 0 Å². The average Bonchev–Trinajstić information content (AvgIpc) is 2.81. The smallest absolute Gasteiger partial charge is 0.240 e. The Hall–Kier alpha value is 0.0700. The number of hydrogen-bond acceptors (Lipinski definition) is 3. The molecule has 0 saturated carbocycles. The minimum atomic E-state index is -0.381. The van der Waals surface area contributed by atoms with Crippen molar-refractivity contribution in [3.05, 3.63) is 0 Å². The summed E-state index contributed by atoms with van der Waals surface area (Å²) in [6, 6.07) is 0.746. The largest absolute Gasteiger partial charge is 0.339 e. The third-order valence-electron chi connectivity index (χ3n) is 3.39. The summed E-state index contributed by atoms with van der Waals surface area (Å²) < 4.78 is 0. The van der Waals surface area contributed by atoms with Crippen molar-refractivity contribution < 1.29 is 4.79 Å². The molecule has 0 aromatic rings. The molecule has 2 fully saturated rings. The lowest BCUT2D eigenvalue weighted by molar-refractivity contribution is -0.132. The molecule has 16 heavy (non-hydrogen) atoms. The van der Waals surface area contributed by atoms with E-state index in [4.69, 9.17) is 11.6 Å². The zero-order chi connectivity index (χ0) is 11.5. The molecule has 0 aliphatic carbocycles. The molecule has 3 nitrogen and oxygen atoms in total. The number of alkyl halides is 1. The van der Waals surface area contributed by atoms with Gasteiger partial charge in [0.25, 0.3) is 0 Å². The van der Waals surface area contributed by atoms with Crippen molar-refractivity contribution in [1.82, 2.24) is 9.80 Å². The van der Waals surface area contributed by atoms with Crippen molar-refractivity contribution in [3.63, 3.8) is 0 Å². The second-order valence-corrected chi connectivity index (χ2v) is 6.30. The van der Waals surface area contributed by atoms with Gasteiger partial charge in [0.1, 0.15) is 5.38 Å². The van der Waals surface area contributed by atoms with Crippen molar-refractivity contribution >= 4 is 29.3 Å². The van der Waals surface area contributed by atoms with Gasteiger partial charge in [0.05, 0.1) is 0 Å². The fourth-order valence-electron chi connectivity index (χ4n) is 2.37. The van der Waals surface area contributed by atoms with E-state index in [9.17, 15) is 4.79 Å². The number of nitrogens with zero attached hydrogens (tertiary/aromatic N) is 2. The lowest BCUT2D eigenvalue weighted by atomic mass is 10.2.